The van der Waals surface area contributed by atoms with Gasteiger partial charge in [0.2, 0.25) is 17.8 Å². The Balaban J connectivity index is 1.39. The minimum Gasteiger partial charge on any atom is -0.366 e. The number of hydrogen-bond donors (Lipinski definition) is 2. The Bertz CT molecular complexity index is 1360. The van der Waals surface area contributed by atoms with Gasteiger partial charge in [0.05, 0.1) is 23.6 Å². The molecule has 2 aromatic heterocycles. The molecule has 0 unspecified atom stereocenters. The third kappa shape index (κ3) is 5.10. The van der Waals surface area contributed by atoms with Crippen molar-refractivity contribution in [3.63, 3.8) is 0 Å². The molecule has 1 aliphatic rings. The molecule has 2 aromatic carbocycles. The molecule has 0 aliphatic carbocycles. The fourth-order valence-electron chi connectivity index (χ4n) is 4.02. The van der Waals surface area contributed by atoms with Crippen molar-refractivity contribution in [3.8, 4) is 11.1 Å². The lowest BCUT2D eigenvalue weighted by atomic mass is 10.0. The summed E-state index contributed by atoms with van der Waals surface area (Å²) in [5.74, 6) is 0.592. The van der Waals surface area contributed by atoms with Crippen LogP contribution in [0.15, 0.2) is 73.7 Å². The summed E-state index contributed by atoms with van der Waals surface area (Å²) >= 11 is 0. The van der Waals surface area contributed by atoms with Crippen molar-refractivity contribution in [1.82, 2.24) is 24.8 Å². The van der Waals surface area contributed by atoms with Crippen LogP contribution in [0.4, 0.5) is 23.3 Å². The highest BCUT2D eigenvalue weighted by molar-refractivity contribution is 6.00. The van der Waals surface area contributed by atoms with E-state index >= 15 is 0 Å². The first-order chi connectivity index (χ1) is 17.1. The van der Waals surface area contributed by atoms with Gasteiger partial charge in [0.15, 0.2) is 0 Å². The van der Waals surface area contributed by atoms with Crippen molar-refractivity contribution in [2.75, 3.05) is 48.8 Å². The number of aromatic nitrogens is 4. The highest BCUT2D eigenvalue weighted by Gasteiger charge is 2.15. The van der Waals surface area contributed by atoms with Crippen LogP contribution in [0.1, 0.15) is 0 Å². The lowest BCUT2D eigenvalue weighted by molar-refractivity contribution is -0.111. The first kappa shape index (κ1) is 22.4. The smallest absolute Gasteiger partial charge is 0.247 e. The van der Waals surface area contributed by atoms with E-state index in [0.717, 1.165) is 53.9 Å². The van der Waals surface area contributed by atoms with Crippen molar-refractivity contribution < 1.29 is 4.79 Å². The van der Waals surface area contributed by atoms with E-state index in [0.29, 0.717) is 17.6 Å². The number of benzene rings is 2. The van der Waals surface area contributed by atoms with E-state index in [2.05, 4.69) is 49.0 Å². The highest BCUT2D eigenvalue weighted by Crippen LogP contribution is 2.29. The van der Waals surface area contributed by atoms with Gasteiger partial charge in [-0.3, -0.25) is 10.1 Å². The van der Waals surface area contributed by atoms with Crippen LogP contribution in [-0.2, 0) is 4.79 Å². The predicted octanol–water partition coefficient (Wildman–Crippen LogP) is 3.71. The Morgan fingerprint density at radius 2 is 1.71 bits per heavy atom. The maximum Gasteiger partial charge on any atom is 0.247 e. The Kier molecular flexibility index (Phi) is 6.32. The summed E-state index contributed by atoms with van der Waals surface area (Å²) in [7, 11) is 2.13. The maximum absolute atomic E-state index is 11.7. The zero-order chi connectivity index (χ0) is 24.2. The molecule has 2 N–H and O–H groups in total. The monoisotopic (exact) mass is 466 g/mol. The average Bonchev–Trinajstić information content (AvgIpc) is 2.89. The van der Waals surface area contributed by atoms with Gasteiger partial charge >= 0.3 is 0 Å². The molecular weight excluding hydrogens is 440 g/mol. The quantitative estimate of drug-likeness (QED) is 0.415. The summed E-state index contributed by atoms with van der Waals surface area (Å²) < 4.78 is 0. The molecule has 0 saturated carbocycles. The number of fused-ring (bicyclic) bond motifs is 1. The van der Waals surface area contributed by atoms with Crippen LogP contribution in [-0.4, -0.2) is 64.0 Å². The molecule has 1 aliphatic heterocycles. The Hall–Kier alpha value is -4.37. The third-order valence-electron chi connectivity index (χ3n) is 5.97. The van der Waals surface area contributed by atoms with Crippen molar-refractivity contribution in [2.45, 2.75) is 0 Å². The predicted molar refractivity (Wildman–Crippen MR) is 139 cm³/mol. The number of piperazine rings is 1. The molecule has 176 valence electrons. The molecule has 0 atom stereocenters. The fourth-order valence-corrected chi connectivity index (χ4v) is 4.02. The second-order valence-corrected chi connectivity index (χ2v) is 8.39. The zero-order valence-corrected chi connectivity index (χ0v) is 19.5. The van der Waals surface area contributed by atoms with Gasteiger partial charge in [0.1, 0.15) is 0 Å². The number of carbonyl (C=O) groups is 1. The summed E-state index contributed by atoms with van der Waals surface area (Å²) in [5, 5.41) is 6.82. The second kappa shape index (κ2) is 9.86. The van der Waals surface area contributed by atoms with Crippen LogP contribution in [0.25, 0.3) is 22.0 Å². The van der Waals surface area contributed by atoms with E-state index < -0.39 is 0 Å². The van der Waals surface area contributed by atoms with Crippen LogP contribution in [0, 0.1) is 0 Å². The second-order valence-electron chi connectivity index (χ2n) is 8.39. The van der Waals surface area contributed by atoms with Crippen LogP contribution < -0.4 is 15.5 Å². The first-order valence-electron chi connectivity index (χ1n) is 11.4. The minimum absolute atomic E-state index is 0.257. The molecule has 0 bridgehead atoms. The first-order valence-corrected chi connectivity index (χ1v) is 11.4. The van der Waals surface area contributed by atoms with Crippen molar-refractivity contribution in [1.29, 1.82) is 0 Å². The van der Waals surface area contributed by atoms with E-state index in [9.17, 15) is 4.79 Å². The Labute approximate surface area is 203 Å². The van der Waals surface area contributed by atoms with Crippen molar-refractivity contribution >= 4 is 40.1 Å². The van der Waals surface area contributed by atoms with Gasteiger partial charge in [-0.2, -0.15) is 0 Å². The van der Waals surface area contributed by atoms with E-state index in [1.54, 1.807) is 6.20 Å². The molecule has 35 heavy (non-hydrogen) atoms. The zero-order valence-electron chi connectivity index (χ0n) is 19.5. The number of carbonyl (C=O) groups excluding carboxylic acids is 1. The molecule has 1 amide bonds. The number of nitrogens with zero attached hydrogens (tertiary/aromatic N) is 6. The van der Waals surface area contributed by atoms with Crippen molar-refractivity contribution in [2.24, 2.45) is 0 Å². The molecule has 3 heterocycles. The Morgan fingerprint density at radius 1 is 0.971 bits per heavy atom. The molecule has 4 aromatic rings. The number of likely N-dealkylation sites (N-methyl/N-ethyl adjacent to an activating group) is 1. The summed E-state index contributed by atoms with van der Waals surface area (Å²) in [5.41, 5.74) is 4.33. The average molecular weight is 467 g/mol. The van der Waals surface area contributed by atoms with Gasteiger partial charge in [-0.25, -0.2) is 19.9 Å². The summed E-state index contributed by atoms with van der Waals surface area (Å²) in [6, 6.07) is 13.5. The lowest BCUT2D eigenvalue weighted by Gasteiger charge is -2.33. The van der Waals surface area contributed by atoms with Gasteiger partial charge in [0.25, 0.3) is 0 Å². The molecule has 9 nitrogen and oxygen atoms in total. The molecule has 5 rings (SSSR count). The summed E-state index contributed by atoms with van der Waals surface area (Å²) in [4.78, 5) is 34.4. The number of amides is 1. The van der Waals surface area contributed by atoms with Crippen molar-refractivity contribution in [3.05, 3.63) is 73.7 Å². The van der Waals surface area contributed by atoms with Crippen LogP contribution in [0.3, 0.4) is 0 Å². The van der Waals surface area contributed by atoms with Gasteiger partial charge in [-0.05, 0) is 30.8 Å². The van der Waals surface area contributed by atoms with E-state index in [1.165, 1.54) is 6.08 Å². The summed E-state index contributed by atoms with van der Waals surface area (Å²) in [6.45, 7) is 7.47. The molecular formula is C26H26N8O. The minimum atomic E-state index is -0.257. The number of hydrogen-bond acceptors (Lipinski definition) is 8. The molecule has 0 radical (unpaired) electrons. The third-order valence-corrected chi connectivity index (χ3v) is 5.97. The van der Waals surface area contributed by atoms with Crippen LogP contribution in [0.5, 0.6) is 0 Å². The molecule has 0 spiro atoms. The van der Waals surface area contributed by atoms with Gasteiger partial charge < -0.3 is 15.1 Å². The number of para-hydroxylation sites is 1. The van der Waals surface area contributed by atoms with Gasteiger partial charge in [-0.15, -0.1) is 0 Å². The molecule has 1 fully saturated rings. The van der Waals surface area contributed by atoms with Gasteiger partial charge in [0, 0.05) is 49.0 Å². The maximum atomic E-state index is 11.7. The number of anilines is 4. The molecule has 9 heteroatoms. The number of rotatable bonds is 6. The molecule has 1 saturated heterocycles. The topological polar surface area (TPSA) is 99.2 Å². The van der Waals surface area contributed by atoms with Gasteiger partial charge in [-0.1, -0.05) is 36.9 Å². The van der Waals surface area contributed by atoms with Crippen LogP contribution >= 0.6 is 0 Å². The van der Waals surface area contributed by atoms with E-state index in [-0.39, 0.29) is 5.91 Å². The fraction of sp³-hybridized carbons (Fsp3) is 0.192. The standard InChI is InChI=1S/C26H26N8O/c1-3-23(35)30-20-8-4-6-18(14-20)22-9-5-7-19-15-27-26(31-24(19)22)32-25-28-16-21(17-29-25)34-12-10-33(2)11-13-34/h3-9,14-17H,1,10-13H2,2H3,(H,30,35)(H,27,28,29,31,32). The Morgan fingerprint density at radius 3 is 2.49 bits per heavy atom. The van der Waals surface area contributed by atoms with E-state index in [1.807, 2.05) is 54.9 Å². The van der Waals surface area contributed by atoms with Crippen LogP contribution in [0.2, 0.25) is 0 Å². The van der Waals surface area contributed by atoms with E-state index in [4.69, 9.17) is 4.98 Å². The summed E-state index contributed by atoms with van der Waals surface area (Å²) in [6.07, 6.45) is 6.68. The highest BCUT2D eigenvalue weighted by atomic mass is 16.1. The largest absolute Gasteiger partial charge is 0.366 e. The lowest BCUT2D eigenvalue weighted by Crippen LogP contribution is -2.44. The number of nitrogens with one attached hydrogen (secondary N) is 2. The SMILES string of the molecule is C=CC(=O)Nc1cccc(-c2cccc3cnc(Nc4ncc(N5CCN(C)CC5)cn4)nc23)c1. The normalized spacial score (nSPS) is 14.0.